The van der Waals surface area contributed by atoms with E-state index < -0.39 is 0 Å². The Bertz CT molecular complexity index is 833. The minimum Gasteiger partial charge on any atom is -0.349 e. The summed E-state index contributed by atoms with van der Waals surface area (Å²) in [6.45, 7) is 9.68. The number of carbonyl (C=O) groups excluding carboxylic acids is 2. The fraction of sp³-hybridized carbons (Fsp3) is 0.435. The van der Waals surface area contributed by atoms with Gasteiger partial charge >= 0.3 is 0 Å². The molecule has 6 nitrogen and oxygen atoms in total. The van der Waals surface area contributed by atoms with Gasteiger partial charge in [-0.25, -0.2) is 0 Å². The van der Waals surface area contributed by atoms with Crippen molar-refractivity contribution >= 4 is 17.5 Å². The van der Waals surface area contributed by atoms with E-state index in [2.05, 4.69) is 43.3 Å². The molecule has 0 atom stereocenters. The van der Waals surface area contributed by atoms with Gasteiger partial charge in [0.05, 0.1) is 0 Å². The number of benzene rings is 1. The highest BCUT2D eigenvalue weighted by Gasteiger charge is 2.18. The van der Waals surface area contributed by atoms with Gasteiger partial charge in [0.1, 0.15) is 5.69 Å². The third-order valence-electron chi connectivity index (χ3n) is 4.71. The first-order valence-electron chi connectivity index (χ1n) is 10.0. The normalized spacial score (nSPS) is 11.2. The second-order valence-electron chi connectivity index (χ2n) is 8.06. The van der Waals surface area contributed by atoms with Gasteiger partial charge in [0.2, 0.25) is 0 Å². The lowest BCUT2D eigenvalue weighted by Gasteiger charge is -2.20. The van der Waals surface area contributed by atoms with Crippen molar-refractivity contribution in [2.75, 3.05) is 32.5 Å². The first kappa shape index (κ1) is 22.6. The Balaban J connectivity index is 2.23. The Kier molecular flexibility index (Phi) is 7.91. The molecule has 1 aromatic carbocycles. The molecule has 0 aliphatic rings. The minimum atomic E-state index is -0.285. The van der Waals surface area contributed by atoms with Gasteiger partial charge in [-0.05, 0) is 49.2 Å². The summed E-state index contributed by atoms with van der Waals surface area (Å²) in [6, 6.07) is 9.28. The summed E-state index contributed by atoms with van der Waals surface area (Å²) < 4.78 is 0. The van der Waals surface area contributed by atoms with Crippen molar-refractivity contribution in [3.63, 3.8) is 0 Å². The van der Waals surface area contributed by atoms with Crippen LogP contribution in [0.3, 0.4) is 0 Å². The largest absolute Gasteiger partial charge is 0.349 e. The molecule has 0 saturated heterocycles. The van der Waals surface area contributed by atoms with Crippen molar-refractivity contribution < 1.29 is 9.59 Å². The van der Waals surface area contributed by atoms with Crippen molar-refractivity contribution in [1.29, 1.82) is 0 Å². The van der Waals surface area contributed by atoms with Crippen LogP contribution in [0.2, 0.25) is 0 Å². The first-order valence-corrected chi connectivity index (χ1v) is 10.0. The number of aromatic nitrogens is 1. The van der Waals surface area contributed by atoms with Crippen LogP contribution in [-0.4, -0.2) is 48.9 Å². The maximum Gasteiger partial charge on any atom is 0.269 e. The van der Waals surface area contributed by atoms with Crippen LogP contribution in [0.5, 0.6) is 0 Å². The highest BCUT2D eigenvalue weighted by molar-refractivity contribution is 6.06. The van der Waals surface area contributed by atoms with Crippen LogP contribution < -0.4 is 10.6 Å². The summed E-state index contributed by atoms with van der Waals surface area (Å²) in [7, 11) is 3.88. The number of nitrogens with one attached hydrogen (secondary N) is 2. The summed E-state index contributed by atoms with van der Waals surface area (Å²) in [5.41, 5.74) is 3.69. The lowest BCUT2D eigenvalue weighted by Crippen LogP contribution is -2.32. The average Bonchev–Trinajstić information content (AvgIpc) is 2.67. The Morgan fingerprint density at radius 2 is 1.62 bits per heavy atom. The number of anilines is 1. The van der Waals surface area contributed by atoms with Crippen LogP contribution in [0, 0.1) is 0 Å². The molecule has 29 heavy (non-hydrogen) atoms. The number of amides is 2. The van der Waals surface area contributed by atoms with Crippen molar-refractivity contribution in [2.45, 2.75) is 39.5 Å². The first-order chi connectivity index (χ1) is 13.7. The number of nitrogens with zero attached hydrogens (tertiary/aromatic N) is 2. The molecule has 1 aromatic heterocycles. The molecule has 0 spiro atoms. The molecule has 0 bridgehead atoms. The Morgan fingerprint density at radius 1 is 1.00 bits per heavy atom. The molecular formula is C23H32N4O2. The molecule has 1 heterocycles. The van der Waals surface area contributed by atoms with Gasteiger partial charge in [-0.15, -0.1) is 0 Å². The zero-order valence-electron chi connectivity index (χ0n) is 18.2. The van der Waals surface area contributed by atoms with Gasteiger partial charge in [0.25, 0.3) is 11.8 Å². The molecule has 156 valence electrons. The van der Waals surface area contributed by atoms with Crippen LogP contribution in [0.1, 0.15) is 71.5 Å². The van der Waals surface area contributed by atoms with Crippen LogP contribution in [0.4, 0.5) is 5.69 Å². The van der Waals surface area contributed by atoms with Crippen molar-refractivity contribution in [1.82, 2.24) is 15.2 Å². The summed E-state index contributed by atoms with van der Waals surface area (Å²) in [5.74, 6) is 0.0237. The lowest BCUT2D eigenvalue weighted by atomic mass is 9.92. The van der Waals surface area contributed by atoms with E-state index in [1.54, 1.807) is 6.07 Å². The number of carbonyl (C=O) groups is 2. The smallest absolute Gasteiger partial charge is 0.269 e. The Labute approximate surface area is 173 Å². The monoisotopic (exact) mass is 396 g/mol. The van der Waals surface area contributed by atoms with Gasteiger partial charge in [0, 0.05) is 30.5 Å². The molecule has 2 rings (SSSR count). The fourth-order valence-electron chi connectivity index (χ4n) is 3.06. The van der Waals surface area contributed by atoms with Gasteiger partial charge < -0.3 is 15.5 Å². The summed E-state index contributed by atoms with van der Waals surface area (Å²) >= 11 is 0. The molecule has 0 unspecified atom stereocenters. The highest BCUT2D eigenvalue weighted by atomic mass is 16.2. The van der Waals surface area contributed by atoms with Crippen molar-refractivity contribution in [3.05, 3.63) is 58.9 Å². The van der Waals surface area contributed by atoms with Crippen molar-refractivity contribution in [2.24, 2.45) is 0 Å². The molecule has 0 fully saturated rings. The Morgan fingerprint density at radius 3 is 2.17 bits per heavy atom. The van der Waals surface area contributed by atoms with Crippen LogP contribution in [0.15, 0.2) is 36.5 Å². The lowest BCUT2D eigenvalue weighted by molar-refractivity contribution is 0.0946. The number of pyridine rings is 1. The molecule has 2 amide bonds. The van der Waals surface area contributed by atoms with E-state index >= 15 is 0 Å². The van der Waals surface area contributed by atoms with Crippen LogP contribution >= 0.6 is 0 Å². The average molecular weight is 397 g/mol. The Hall–Kier alpha value is -2.73. The van der Waals surface area contributed by atoms with Gasteiger partial charge in [-0.1, -0.05) is 45.9 Å². The predicted molar refractivity (Wildman–Crippen MR) is 118 cm³/mol. The van der Waals surface area contributed by atoms with Gasteiger partial charge in [-0.3, -0.25) is 14.6 Å². The van der Waals surface area contributed by atoms with E-state index in [0.717, 1.165) is 23.4 Å². The number of likely N-dealkylation sites (N-methyl/N-ethyl adjacent to an activating group) is 1. The molecule has 0 aliphatic heterocycles. The van der Waals surface area contributed by atoms with Crippen LogP contribution in [-0.2, 0) is 0 Å². The predicted octanol–water partition coefficient (Wildman–Crippen LogP) is 3.87. The second kappa shape index (κ2) is 10.2. The summed E-state index contributed by atoms with van der Waals surface area (Å²) in [4.78, 5) is 31.4. The molecule has 0 saturated carbocycles. The standard InChI is InChI=1S/C23H32N4O2/c1-15(2)18-8-7-9-19(16(3)4)21(18)26-22(28)17-10-11-24-20(14-17)23(29)25-12-13-27(5)6/h7-11,14-16H,12-13H2,1-6H3,(H,25,29)(H,26,28). The maximum absolute atomic E-state index is 13.0. The molecule has 2 N–H and O–H groups in total. The zero-order valence-corrected chi connectivity index (χ0v) is 18.2. The van der Waals surface area contributed by atoms with Gasteiger partial charge in [0.15, 0.2) is 0 Å². The minimum absolute atomic E-state index is 0.234. The van der Waals surface area contributed by atoms with E-state index in [9.17, 15) is 9.59 Å². The second-order valence-corrected chi connectivity index (χ2v) is 8.06. The molecule has 0 aliphatic carbocycles. The fourth-order valence-corrected chi connectivity index (χ4v) is 3.06. The topological polar surface area (TPSA) is 74.3 Å². The van der Waals surface area contributed by atoms with E-state index in [1.807, 2.05) is 37.2 Å². The SMILES string of the molecule is CC(C)c1cccc(C(C)C)c1NC(=O)c1ccnc(C(=O)NCCN(C)C)c1. The number of para-hydroxylation sites is 1. The summed E-state index contributed by atoms with van der Waals surface area (Å²) in [5, 5.41) is 5.90. The summed E-state index contributed by atoms with van der Waals surface area (Å²) in [6.07, 6.45) is 1.49. The molecule has 6 heteroatoms. The zero-order chi connectivity index (χ0) is 21.6. The van der Waals surface area contributed by atoms with E-state index in [0.29, 0.717) is 12.1 Å². The number of hydrogen-bond donors (Lipinski definition) is 2. The molecular weight excluding hydrogens is 364 g/mol. The quantitative estimate of drug-likeness (QED) is 0.710. The molecule has 0 radical (unpaired) electrons. The van der Waals surface area contributed by atoms with Gasteiger partial charge in [-0.2, -0.15) is 0 Å². The van der Waals surface area contributed by atoms with Crippen LogP contribution in [0.25, 0.3) is 0 Å². The highest BCUT2D eigenvalue weighted by Crippen LogP contribution is 2.32. The number of rotatable bonds is 8. The van der Waals surface area contributed by atoms with Crippen molar-refractivity contribution in [3.8, 4) is 0 Å². The maximum atomic E-state index is 13.0. The third-order valence-corrected chi connectivity index (χ3v) is 4.71. The molecule has 2 aromatic rings. The van der Waals surface area contributed by atoms with E-state index in [1.165, 1.54) is 12.3 Å². The van der Waals surface area contributed by atoms with E-state index in [4.69, 9.17) is 0 Å². The third kappa shape index (κ3) is 6.12. The number of hydrogen-bond acceptors (Lipinski definition) is 4. The van der Waals surface area contributed by atoms with E-state index in [-0.39, 0.29) is 29.3 Å².